The number of unbranched alkanes of at least 4 members (excludes halogenated alkanes) is 1. The van der Waals surface area contributed by atoms with Crippen molar-refractivity contribution in [1.82, 2.24) is 4.90 Å². The fourth-order valence-electron chi connectivity index (χ4n) is 2.96. The molecule has 0 aliphatic carbocycles. The summed E-state index contributed by atoms with van der Waals surface area (Å²) in [5, 5.41) is 19.8. The Balaban J connectivity index is 2.38. The van der Waals surface area contributed by atoms with Crippen molar-refractivity contribution in [2.75, 3.05) is 13.1 Å². The van der Waals surface area contributed by atoms with Crippen LogP contribution in [0.1, 0.15) is 44.2 Å². The first-order valence-corrected chi connectivity index (χ1v) is 8.68. The molecule has 0 saturated heterocycles. The zero-order valence-electron chi connectivity index (χ0n) is 14.7. The monoisotopic (exact) mass is 347 g/mol. The summed E-state index contributed by atoms with van der Waals surface area (Å²) in [7, 11) is 0. The summed E-state index contributed by atoms with van der Waals surface area (Å²) < 4.78 is 5.41. The Morgan fingerprint density at radius 2 is 1.92 bits per heavy atom. The van der Waals surface area contributed by atoms with Crippen LogP contribution in [-0.4, -0.2) is 34.2 Å². The van der Waals surface area contributed by atoms with Crippen molar-refractivity contribution in [3.8, 4) is 5.75 Å². The smallest absolute Gasteiger partial charge is 0.336 e. The van der Waals surface area contributed by atoms with E-state index < -0.39 is 11.6 Å². The SMILES string of the molecule is CCN(CC)Cc1c(O)ccc2c(CCCCC(=O)O)cc(=O)oc12. The van der Waals surface area contributed by atoms with Crippen molar-refractivity contribution >= 4 is 16.9 Å². The van der Waals surface area contributed by atoms with Crippen LogP contribution in [0, 0.1) is 0 Å². The molecule has 1 aromatic carbocycles. The van der Waals surface area contributed by atoms with Crippen LogP contribution in [0.3, 0.4) is 0 Å². The van der Waals surface area contributed by atoms with Crippen molar-refractivity contribution in [3.63, 3.8) is 0 Å². The lowest BCUT2D eigenvalue weighted by atomic mass is 10.0. The predicted octanol–water partition coefficient (Wildman–Crippen LogP) is 3.14. The Bertz CT molecular complexity index is 792. The molecule has 0 aliphatic rings. The van der Waals surface area contributed by atoms with Crippen LogP contribution in [-0.2, 0) is 17.8 Å². The van der Waals surface area contributed by atoms with Crippen LogP contribution in [0.15, 0.2) is 27.4 Å². The van der Waals surface area contributed by atoms with Crippen LogP contribution in [0.4, 0.5) is 0 Å². The Morgan fingerprint density at radius 1 is 1.20 bits per heavy atom. The largest absolute Gasteiger partial charge is 0.507 e. The predicted molar refractivity (Wildman–Crippen MR) is 96.0 cm³/mol. The highest BCUT2D eigenvalue weighted by atomic mass is 16.4. The van der Waals surface area contributed by atoms with Crippen LogP contribution < -0.4 is 5.63 Å². The van der Waals surface area contributed by atoms with Crippen molar-refractivity contribution < 1.29 is 19.4 Å². The summed E-state index contributed by atoms with van der Waals surface area (Å²) in [6, 6.07) is 4.84. The van der Waals surface area contributed by atoms with E-state index in [1.54, 1.807) is 12.1 Å². The number of aliphatic carboxylic acids is 1. The number of phenols is 1. The van der Waals surface area contributed by atoms with Gasteiger partial charge in [0.2, 0.25) is 0 Å². The molecule has 1 aromatic heterocycles. The van der Waals surface area contributed by atoms with E-state index in [9.17, 15) is 14.7 Å². The Morgan fingerprint density at radius 3 is 2.56 bits per heavy atom. The van der Waals surface area contributed by atoms with Gasteiger partial charge in [-0.25, -0.2) is 4.79 Å². The van der Waals surface area contributed by atoms with E-state index in [0.717, 1.165) is 24.0 Å². The number of phenolic OH excluding ortho intramolecular Hbond substituents is 1. The average molecular weight is 347 g/mol. The van der Waals surface area contributed by atoms with Gasteiger partial charge in [0.25, 0.3) is 0 Å². The van der Waals surface area contributed by atoms with Crippen molar-refractivity contribution in [2.24, 2.45) is 0 Å². The van der Waals surface area contributed by atoms with E-state index in [0.29, 0.717) is 37.0 Å². The van der Waals surface area contributed by atoms with Crippen molar-refractivity contribution in [2.45, 2.75) is 46.1 Å². The Kier molecular flexibility index (Phi) is 6.58. The van der Waals surface area contributed by atoms with Crippen LogP contribution in [0.5, 0.6) is 5.75 Å². The Hall–Kier alpha value is -2.34. The molecule has 0 amide bonds. The third kappa shape index (κ3) is 4.82. The molecule has 0 atom stereocenters. The van der Waals surface area contributed by atoms with E-state index >= 15 is 0 Å². The van der Waals surface area contributed by atoms with Gasteiger partial charge in [0.1, 0.15) is 11.3 Å². The fraction of sp³-hybridized carbons (Fsp3) is 0.474. The maximum absolute atomic E-state index is 12.0. The van der Waals surface area contributed by atoms with Gasteiger partial charge in [0, 0.05) is 24.4 Å². The molecule has 0 spiro atoms. The maximum Gasteiger partial charge on any atom is 0.336 e. The van der Waals surface area contributed by atoms with Gasteiger partial charge in [0.15, 0.2) is 0 Å². The van der Waals surface area contributed by atoms with Gasteiger partial charge >= 0.3 is 11.6 Å². The number of benzene rings is 1. The van der Waals surface area contributed by atoms with Gasteiger partial charge in [-0.2, -0.15) is 0 Å². The number of nitrogens with zero attached hydrogens (tertiary/aromatic N) is 1. The zero-order valence-corrected chi connectivity index (χ0v) is 14.7. The molecule has 0 fully saturated rings. The van der Waals surface area contributed by atoms with Crippen LogP contribution in [0.2, 0.25) is 0 Å². The first kappa shape index (κ1) is 19.0. The lowest BCUT2D eigenvalue weighted by Crippen LogP contribution is -2.22. The summed E-state index contributed by atoms with van der Waals surface area (Å²) in [6.45, 7) is 6.23. The molecule has 2 N–H and O–H groups in total. The first-order valence-electron chi connectivity index (χ1n) is 8.68. The highest BCUT2D eigenvalue weighted by Crippen LogP contribution is 2.30. The minimum absolute atomic E-state index is 0.116. The van der Waals surface area contributed by atoms with Gasteiger partial charge in [-0.3, -0.25) is 9.69 Å². The lowest BCUT2D eigenvalue weighted by molar-refractivity contribution is -0.137. The van der Waals surface area contributed by atoms with Crippen LogP contribution >= 0.6 is 0 Å². The topological polar surface area (TPSA) is 91.0 Å². The quantitative estimate of drug-likeness (QED) is 0.535. The molecule has 25 heavy (non-hydrogen) atoms. The third-order valence-corrected chi connectivity index (χ3v) is 4.44. The number of aromatic hydroxyl groups is 1. The molecule has 2 aromatic rings. The first-order chi connectivity index (χ1) is 12.0. The molecule has 0 radical (unpaired) electrons. The van der Waals surface area contributed by atoms with Gasteiger partial charge in [-0.15, -0.1) is 0 Å². The number of hydrogen-bond acceptors (Lipinski definition) is 5. The Labute approximate surface area is 146 Å². The van der Waals surface area contributed by atoms with Crippen LogP contribution in [0.25, 0.3) is 11.0 Å². The van der Waals surface area contributed by atoms with E-state index in [-0.39, 0.29) is 12.2 Å². The molecule has 6 heteroatoms. The summed E-state index contributed by atoms with van der Waals surface area (Å²) in [5.74, 6) is -0.700. The number of carboxylic acid groups (broad SMARTS) is 1. The minimum Gasteiger partial charge on any atom is -0.507 e. The van der Waals surface area contributed by atoms with Gasteiger partial charge in [0.05, 0.1) is 5.56 Å². The molecular formula is C19H25NO5. The molecule has 2 rings (SSSR count). The normalized spacial score (nSPS) is 11.3. The second kappa shape index (κ2) is 8.67. The van der Waals surface area contributed by atoms with Gasteiger partial charge < -0.3 is 14.6 Å². The minimum atomic E-state index is -0.816. The molecule has 0 bridgehead atoms. The standard InChI is InChI=1S/C19H25NO5/c1-3-20(4-2)12-15-16(21)10-9-14-13(7-5-6-8-17(22)23)11-18(24)25-19(14)15/h9-11,21H,3-8,12H2,1-2H3,(H,22,23). The van der Waals surface area contributed by atoms with E-state index in [4.69, 9.17) is 9.52 Å². The van der Waals surface area contributed by atoms with Crippen molar-refractivity contribution in [1.29, 1.82) is 0 Å². The maximum atomic E-state index is 12.0. The third-order valence-electron chi connectivity index (χ3n) is 4.44. The van der Waals surface area contributed by atoms with Crippen molar-refractivity contribution in [3.05, 3.63) is 39.7 Å². The molecule has 6 nitrogen and oxygen atoms in total. The molecule has 0 saturated carbocycles. The number of rotatable bonds is 9. The molecule has 1 heterocycles. The second-order valence-electron chi connectivity index (χ2n) is 6.09. The fourth-order valence-corrected chi connectivity index (χ4v) is 2.96. The number of carbonyl (C=O) groups is 1. The summed E-state index contributed by atoms with van der Waals surface area (Å²) >= 11 is 0. The average Bonchev–Trinajstić information content (AvgIpc) is 2.57. The number of fused-ring (bicyclic) bond motifs is 1. The highest BCUT2D eigenvalue weighted by molar-refractivity contribution is 5.85. The van der Waals surface area contributed by atoms with E-state index in [1.807, 2.05) is 13.8 Å². The molecule has 0 unspecified atom stereocenters. The number of aryl methyl sites for hydroxylation is 1. The van der Waals surface area contributed by atoms with E-state index in [1.165, 1.54) is 6.07 Å². The summed E-state index contributed by atoms with van der Waals surface area (Å²) in [5.41, 5.74) is 1.42. The van der Waals surface area contributed by atoms with E-state index in [2.05, 4.69) is 4.90 Å². The zero-order chi connectivity index (χ0) is 18.4. The van der Waals surface area contributed by atoms with Gasteiger partial charge in [-0.1, -0.05) is 13.8 Å². The van der Waals surface area contributed by atoms with Gasteiger partial charge in [-0.05, 0) is 50.0 Å². The molecule has 136 valence electrons. The second-order valence-corrected chi connectivity index (χ2v) is 6.09. The number of hydrogen-bond donors (Lipinski definition) is 2. The molecular weight excluding hydrogens is 322 g/mol. The lowest BCUT2D eigenvalue weighted by Gasteiger charge is -2.19. The number of carboxylic acids is 1. The highest BCUT2D eigenvalue weighted by Gasteiger charge is 2.15. The molecule has 0 aliphatic heterocycles. The summed E-state index contributed by atoms with van der Waals surface area (Å²) in [6.07, 6.45) is 1.96. The summed E-state index contributed by atoms with van der Waals surface area (Å²) in [4.78, 5) is 24.7.